The van der Waals surface area contributed by atoms with Crippen LogP contribution in [0.2, 0.25) is 5.02 Å². The van der Waals surface area contributed by atoms with Gasteiger partial charge in [0.1, 0.15) is 5.75 Å². The summed E-state index contributed by atoms with van der Waals surface area (Å²) in [6.07, 6.45) is -0.876. The first-order valence-electron chi connectivity index (χ1n) is 9.21. The van der Waals surface area contributed by atoms with Gasteiger partial charge in [-0.1, -0.05) is 11.6 Å². The highest BCUT2D eigenvalue weighted by atomic mass is 35.5. The maximum Gasteiger partial charge on any atom is 0.347 e. The van der Waals surface area contributed by atoms with Crippen LogP contribution < -0.4 is 19.5 Å². The van der Waals surface area contributed by atoms with E-state index in [0.29, 0.717) is 41.2 Å². The summed E-state index contributed by atoms with van der Waals surface area (Å²) in [7, 11) is 0. The van der Waals surface area contributed by atoms with E-state index < -0.39 is 24.6 Å². The average molecular weight is 422 g/mol. The average Bonchev–Trinajstić information content (AvgIpc) is 2.70. The molecule has 2 aromatic rings. The Morgan fingerprint density at radius 1 is 1.00 bits per heavy atom. The van der Waals surface area contributed by atoms with Crippen LogP contribution in [0.15, 0.2) is 42.5 Å². The van der Waals surface area contributed by atoms with Crippen molar-refractivity contribution in [1.29, 1.82) is 0 Å². The zero-order valence-electron chi connectivity index (χ0n) is 16.6. The third-order valence-electron chi connectivity index (χ3n) is 3.63. The van der Waals surface area contributed by atoms with Crippen LogP contribution in [0.4, 0.5) is 5.69 Å². The number of hydrogen-bond acceptors (Lipinski definition) is 6. The summed E-state index contributed by atoms with van der Waals surface area (Å²) < 4.78 is 21.5. The number of anilines is 1. The van der Waals surface area contributed by atoms with E-state index in [-0.39, 0.29) is 0 Å². The second-order valence-electron chi connectivity index (χ2n) is 5.90. The number of hydrogen-bond donors (Lipinski definition) is 1. The molecule has 1 N–H and O–H groups in total. The molecule has 0 aromatic heterocycles. The molecule has 0 bridgehead atoms. The summed E-state index contributed by atoms with van der Waals surface area (Å²) in [6, 6.07) is 11.6. The molecule has 2 rings (SSSR count). The fourth-order valence-corrected chi connectivity index (χ4v) is 2.47. The van der Waals surface area contributed by atoms with E-state index in [1.165, 1.54) is 6.92 Å². The number of halogens is 1. The molecule has 0 aliphatic heterocycles. The van der Waals surface area contributed by atoms with Crippen LogP contribution >= 0.6 is 11.6 Å². The standard InChI is InChI=1S/C21H24ClNO6/c1-4-26-18-11-8-16(12-19(18)27-5-2)23-20(24)13-28-21(25)14(3)29-17-9-6-15(22)7-10-17/h6-12,14H,4-5,13H2,1-3H3,(H,23,24)/t14-/m1/s1. The number of rotatable bonds is 10. The second-order valence-corrected chi connectivity index (χ2v) is 6.33. The van der Waals surface area contributed by atoms with Crippen LogP contribution in [0.25, 0.3) is 0 Å². The Balaban J connectivity index is 1.86. The van der Waals surface area contributed by atoms with E-state index in [1.807, 2.05) is 13.8 Å². The summed E-state index contributed by atoms with van der Waals surface area (Å²) in [4.78, 5) is 24.1. The Bertz CT molecular complexity index is 824. The van der Waals surface area contributed by atoms with Gasteiger partial charge in [0.15, 0.2) is 24.2 Å². The highest BCUT2D eigenvalue weighted by molar-refractivity contribution is 6.30. The lowest BCUT2D eigenvalue weighted by molar-refractivity contribution is -0.153. The van der Waals surface area contributed by atoms with Crippen molar-refractivity contribution >= 4 is 29.2 Å². The highest BCUT2D eigenvalue weighted by Crippen LogP contribution is 2.30. The molecule has 0 unspecified atom stereocenters. The molecule has 8 heteroatoms. The monoisotopic (exact) mass is 421 g/mol. The van der Waals surface area contributed by atoms with Crippen molar-refractivity contribution in [1.82, 2.24) is 0 Å². The van der Waals surface area contributed by atoms with Gasteiger partial charge in [-0.3, -0.25) is 4.79 Å². The largest absolute Gasteiger partial charge is 0.490 e. The highest BCUT2D eigenvalue weighted by Gasteiger charge is 2.18. The summed E-state index contributed by atoms with van der Waals surface area (Å²) >= 11 is 5.81. The lowest BCUT2D eigenvalue weighted by Crippen LogP contribution is -2.29. The number of carbonyl (C=O) groups excluding carboxylic acids is 2. The van der Waals surface area contributed by atoms with Crippen molar-refractivity contribution < 1.29 is 28.5 Å². The molecule has 2 aromatic carbocycles. The minimum atomic E-state index is -0.876. The van der Waals surface area contributed by atoms with E-state index in [0.717, 1.165) is 0 Å². The van der Waals surface area contributed by atoms with Crippen LogP contribution in [0, 0.1) is 0 Å². The molecular weight excluding hydrogens is 398 g/mol. The molecule has 0 saturated carbocycles. The molecule has 1 atom stereocenters. The van der Waals surface area contributed by atoms with Gasteiger partial charge in [-0.25, -0.2) is 4.79 Å². The smallest absolute Gasteiger partial charge is 0.347 e. The lowest BCUT2D eigenvalue weighted by Gasteiger charge is -2.15. The fraction of sp³-hybridized carbons (Fsp3) is 0.333. The number of ether oxygens (including phenoxy) is 4. The maximum atomic E-state index is 12.1. The minimum absolute atomic E-state index is 0.440. The predicted molar refractivity (Wildman–Crippen MR) is 110 cm³/mol. The van der Waals surface area contributed by atoms with E-state index in [9.17, 15) is 9.59 Å². The van der Waals surface area contributed by atoms with Gasteiger partial charge >= 0.3 is 5.97 Å². The van der Waals surface area contributed by atoms with Crippen molar-refractivity contribution in [3.05, 3.63) is 47.5 Å². The van der Waals surface area contributed by atoms with E-state index in [4.69, 9.17) is 30.5 Å². The Labute approximate surface area is 174 Å². The fourth-order valence-electron chi connectivity index (χ4n) is 2.35. The zero-order valence-corrected chi connectivity index (χ0v) is 17.3. The number of carbonyl (C=O) groups is 2. The Hall–Kier alpha value is -2.93. The van der Waals surface area contributed by atoms with Gasteiger partial charge in [0, 0.05) is 16.8 Å². The summed E-state index contributed by atoms with van der Waals surface area (Å²) in [5, 5.41) is 3.21. The SMILES string of the molecule is CCOc1ccc(NC(=O)COC(=O)[C@@H](C)Oc2ccc(Cl)cc2)cc1OCC. The van der Waals surface area contributed by atoms with E-state index in [2.05, 4.69) is 5.32 Å². The third-order valence-corrected chi connectivity index (χ3v) is 3.88. The number of esters is 1. The van der Waals surface area contributed by atoms with Crippen molar-refractivity contribution in [2.75, 3.05) is 25.1 Å². The molecule has 1 amide bonds. The Kier molecular flexibility index (Phi) is 8.61. The number of amides is 1. The predicted octanol–water partition coefficient (Wildman–Crippen LogP) is 4.09. The molecule has 0 aliphatic carbocycles. The van der Waals surface area contributed by atoms with Crippen molar-refractivity contribution in [2.24, 2.45) is 0 Å². The Morgan fingerprint density at radius 2 is 1.66 bits per heavy atom. The normalized spacial score (nSPS) is 11.3. The van der Waals surface area contributed by atoms with E-state index in [1.54, 1.807) is 42.5 Å². The summed E-state index contributed by atoms with van der Waals surface area (Å²) in [5.41, 5.74) is 0.503. The first-order valence-corrected chi connectivity index (χ1v) is 9.59. The minimum Gasteiger partial charge on any atom is -0.490 e. The third kappa shape index (κ3) is 7.19. The lowest BCUT2D eigenvalue weighted by atomic mass is 10.2. The molecule has 0 fully saturated rings. The molecule has 0 spiro atoms. The van der Waals surface area contributed by atoms with Crippen LogP contribution in [-0.4, -0.2) is 37.8 Å². The molecule has 0 saturated heterocycles. The van der Waals surface area contributed by atoms with E-state index >= 15 is 0 Å². The molecule has 0 aliphatic rings. The van der Waals surface area contributed by atoms with Crippen LogP contribution in [-0.2, 0) is 14.3 Å². The van der Waals surface area contributed by atoms with Gasteiger partial charge in [0.2, 0.25) is 0 Å². The number of benzene rings is 2. The maximum absolute atomic E-state index is 12.1. The van der Waals surface area contributed by atoms with Gasteiger partial charge < -0.3 is 24.3 Å². The molecular formula is C21H24ClNO6. The van der Waals surface area contributed by atoms with Crippen LogP contribution in [0.3, 0.4) is 0 Å². The first kappa shape index (κ1) is 22.4. The van der Waals surface area contributed by atoms with Crippen molar-refractivity contribution in [2.45, 2.75) is 26.9 Å². The molecule has 156 valence electrons. The van der Waals surface area contributed by atoms with Crippen molar-refractivity contribution in [3.8, 4) is 17.2 Å². The topological polar surface area (TPSA) is 83.1 Å². The molecule has 0 radical (unpaired) electrons. The summed E-state index contributed by atoms with van der Waals surface area (Å²) in [5.74, 6) is 0.447. The quantitative estimate of drug-likeness (QED) is 0.582. The number of nitrogens with one attached hydrogen (secondary N) is 1. The van der Waals surface area contributed by atoms with Gasteiger partial charge in [-0.2, -0.15) is 0 Å². The van der Waals surface area contributed by atoms with Gasteiger partial charge in [0.05, 0.1) is 13.2 Å². The van der Waals surface area contributed by atoms with Gasteiger partial charge in [-0.05, 0) is 57.2 Å². The van der Waals surface area contributed by atoms with Crippen molar-refractivity contribution in [3.63, 3.8) is 0 Å². The first-order chi connectivity index (χ1) is 13.9. The van der Waals surface area contributed by atoms with Crippen LogP contribution in [0.1, 0.15) is 20.8 Å². The molecule has 7 nitrogen and oxygen atoms in total. The molecule has 0 heterocycles. The second kappa shape index (κ2) is 11.2. The Morgan fingerprint density at radius 3 is 2.31 bits per heavy atom. The summed E-state index contributed by atoms with van der Waals surface area (Å²) in [6.45, 7) is 5.78. The molecule has 29 heavy (non-hydrogen) atoms. The van der Waals surface area contributed by atoms with Gasteiger partial charge in [-0.15, -0.1) is 0 Å². The van der Waals surface area contributed by atoms with Crippen LogP contribution in [0.5, 0.6) is 17.2 Å². The van der Waals surface area contributed by atoms with Gasteiger partial charge in [0.25, 0.3) is 5.91 Å². The zero-order chi connectivity index (χ0) is 21.2.